The van der Waals surface area contributed by atoms with Crippen molar-refractivity contribution >= 4 is 70.6 Å². The van der Waals surface area contributed by atoms with E-state index in [0.29, 0.717) is 6.42 Å². The van der Waals surface area contributed by atoms with Gasteiger partial charge in [-0.1, -0.05) is 152 Å². The Morgan fingerprint density at radius 1 is 0.471 bits per heavy atom. The molecular formula is C47H31N3S. The molecule has 240 valence electrons. The first-order valence-electron chi connectivity index (χ1n) is 17.3. The topological polar surface area (TPSA) is 29.6 Å². The molecule has 51 heavy (non-hydrogen) atoms. The molecule has 1 aliphatic rings. The van der Waals surface area contributed by atoms with Crippen LogP contribution < -0.4 is 0 Å². The van der Waals surface area contributed by atoms with Gasteiger partial charge in [-0.05, 0) is 46.5 Å². The van der Waals surface area contributed by atoms with Crippen molar-refractivity contribution in [2.45, 2.75) is 6.42 Å². The Hall–Kier alpha value is -6.36. The number of aromatic nitrogens is 1. The zero-order valence-corrected chi connectivity index (χ0v) is 28.5. The summed E-state index contributed by atoms with van der Waals surface area (Å²) in [7, 11) is 0. The fourth-order valence-corrected chi connectivity index (χ4v) is 8.66. The maximum atomic E-state index is 5.28. The highest BCUT2D eigenvalue weighted by molar-refractivity contribution is 7.26. The predicted octanol–water partition coefficient (Wildman–Crippen LogP) is 12.5. The van der Waals surface area contributed by atoms with Crippen LogP contribution in [0.4, 0.5) is 0 Å². The lowest BCUT2D eigenvalue weighted by molar-refractivity contribution is 1.18. The van der Waals surface area contributed by atoms with E-state index in [0.717, 1.165) is 39.6 Å². The van der Waals surface area contributed by atoms with Gasteiger partial charge in [-0.3, -0.25) is 0 Å². The first kappa shape index (κ1) is 29.5. The molecule has 0 unspecified atom stereocenters. The number of allylic oxidation sites excluding steroid dienone is 1. The number of fused-ring (bicyclic) bond motifs is 7. The van der Waals surface area contributed by atoms with Crippen LogP contribution in [0, 0.1) is 0 Å². The van der Waals surface area contributed by atoms with Gasteiger partial charge in [0.1, 0.15) is 0 Å². The normalized spacial score (nSPS) is 13.4. The molecule has 1 aliphatic heterocycles. The third-order valence-corrected chi connectivity index (χ3v) is 11.1. The monoisotopic (exact) mass is 669 g/mol. The lowest BCUT2D eigenvalue weighted by Crippen LogP contribution is -2.06. The van der Waals surface area contributed by atoms with E-state index < -0.39 is 0 Å². The zero-order valence-electron chi connectivity index (χ0n) is 27.7. The summed E-state index contributed by atoms with van der Waals surface area (Å²) in [4.78, 5) is 10.4. The van der Waals surface area contributed by atoms with Gasteiger partial charge in [0.2, 0.25) is 0 Å². The minimum Gasteiger partial charge on any atom is -0.308 e. The molecule has 2 aromatic heterocycles. The van der Waals surface area contributed by atoms with Gasteiger partial charge in [-0.2, -0.15) is 0 Å². The second-order valence-electron chi connectivity index (χ2n) is 12.9. The Balaban J connectivity index is 1.20. The third kappa shape index (κ3) is 5.11. The first-order valence-corrected chi connectivity index (χ1v) is 18.1. The molecule has 9 aromatic rings. The Labute approximate surface area is 299 Å². The van der Waals surface area contributed by atoms with E-state index in [4.69, 9.17) is 9.98 Å². The summed E-state index contributed by atoms with van der Waals surface area (Å²) in [5.41, 5.74) is 11.0. The smallest absolute Gasteiger partial charge is 0.160 e. The molecule has 10 rings (SSSR count). The van der Waals surface area contributed by atoms with Gasteiger partial charge in [0.25, 0.3) is 0 Å². The van der Waals surface area contributed by atoms with Crippen molar-refractivity contribution < 1.29 is 0 Å². The lowest BCUT2D eigenvalue weighted by atomic mass is 10.0. The van der Waals surface area contributed by atoms with Crippen LogP contribution in [0.15, 0.2) is 186 Å². The lowest BCUT2D eigenvalue weighted by Gasteiger charge is -2.12. The molecule has 0 N–H and O–H groups in total. The van der Waals surface area contributed by atoms with Gasteiger partial charge in [-0.25, -0.2) is 9.98 Å². The van der Waals surface area contributed by atoms with Crippen LogP contribution in [-0.4, -0.2) is 16.1 Å². The van der Waals surface area contributed by atoms with Crippen molar-refractivity contribution in [2.24, 2.45) is 9.98 Å². The quantitative estimate of drug-likeness (QED) is 0.175. The summed E-state index contributed by atoms with van der Waals surface area (Å²) in [6.45, 7) is 0. The van der Waals surface area contributed by atoms with Crippen LogP contribution in [0.2, 0.25) is 0 Å². The minimum absolute atomic E-state index is 0.666. The number of hydrogen-bond donors (Lipinski definition) is 0. The third-order valence-electron chi connectivity index (χ3n) is 9.88. The molecule has 4 heteroatoms. The van der Waals surface area contributed by atoms with Crippen molar-refractivity contribution in [3.63, 3.8) is 0 Å². The Bertz CT molecular complexity index is 2860. The molecule has 0 bridgehead atoms. The number of benzene rings is 7. The summed E-state index contributed by atoms with van der Waals surface area (Å²) >= 11 is 1.88. The fourth-order valence-electron chi connectivity index (χ4n) is 7.42. The molecule has 0 fully saturated rings. The number of amidine groups is 1. The van der Waals surface area contributed by atoms with Gasteiger partial charge in [-0.15, -0.1) is 11.3 Å². The van der Waals surface area contributed by atoms with Crippen LogP contribution in [0.5, 0.6) is 0 Å². The number of rotatable bonds is 5. The summed E-state index contributed by atoms with van der Waals surface area (Å²) in [6, 6.07) is 60.6. The van der Waals surface area contributed by atoms with Crippen LogP contribution >= 0.6 is 11.3 Å². The van der Waals surface area contributed by atoms with E-state index in [2.05, 4.69) is 156 Å². The van der Waals surface area contributed by atoms with Crippen LogP contribution in [0.25, 0.3) is 64.5 Å². The van der Waals surface area contributed by atoms with Crippen molar-refractivity contribution in [3.05, 3.63) is 193 Å². The predicted molar refractivity (Wildman–Crippen MR) is 218 cm³/mol. The van der Waals surface area contributed by atoms with Gasteiger partial charge in [0, 0.05) is 43.9 Å². The highest BCUT2D eigenvalue weighted by Crippen LogP contribution is 2.43. The maximum Gasteiger partial charge on any atom is 0.160 e. The summed E-state index contributed by atoms with van der Waals surface area (Å²) < 4.78 is 5.09. The molecule has 3 nitrogen and oxygen atoms in total. The van der Waals surface area contributed by atoms with Gasteiger partial charge in [0.05, 0.1) is 27.1 Å². The number of hydrogen-bond acceptors (Lipinski definition) is 3. The highest BCUT2D eigenvalue weighted by Gasteiger charge is 2.20. The molecule has 3 heterocycles. The van der Waals surface area contributed by atoms with E-state index in [1.807, 2.05) is 35.6 Å². The molecule has 0 aliphatic carbocycles. The molecule has 0 saturated heterocycles. The zero-order chi connectivity index (χ0) is 33.7. The van der Waals surface area contributed by atoms with Crippen molar-refractivity contribution in [2.75, 3.05) is 0 Å². The van der Waals surface area contributed by atoms with Crippen molar-refractivity contribution in [3.8, 4) is 16.8 Å². The second kappa shape index (κ2) is 12.2. The number of thiophene rings is 1. The Kier molecular flexibility index (Phi) is 7.07. The Morgan fingerprint density at radius 3 is 1.94 bits per heavy atom. The SMILES string of the molecule is C1=C(c2ccccc2)N=C(c2ccccc2)N=C(c2cccc(-n3c4cc(-c5ccccc5)ccc4c4ccc5c6ccccc6sc5c43)c2)C1. The number of aliphatic imine (C=N–C) groups is 2. The van der Waals surface area contributed by atoms with Crippen molar-refractivity contribution in [1.82, 2.24) is 4.57 Å². The molecule has 0 spiro atoms. The van der Waals surface area contributed by atoms with Crippen molar-refractivity contribution in [1.29, 1.82) is 0 Å². The molecule has 0 saturated carbocycles. The van der Waals surface area contributed by atoms with E-state index >= 15 is 0 Å². The van der Waals surface area contributed by atoms with E-state index in [-0.39, 0.29) is 0 Å². The highest BCUT2D eigenvalue weighted by atomic mass is 32.1. The Morgan fingerprint density at radius 2 is 1.14 bits per heavy atom. The van der Waals surface area contributed by atoms with Gasteiger partial charge >= 0.3 is 0 Å². The second-order valence-corrected chi connectivity index (χ2v) is 14.0. The summed E-state index contributed by atoms with van der Waals surface area (Å²) in [5, 5.41) is 5.10. The van der Waals surface area contributed by atoms with E-state index in [1.54, 1.807) is 0 Å². The van der Waals surface area contributed by atoms with Gasteiger partial charge in [0.15, 0.2) is 5.84 Å². The standard InChI is InChI=1S/C47H31N3S/c1-4-13-31(14-5-1)34-23-24-37-39-25-26-40-38-21-10-11-22-44(38)51-46(40)45(39)50(43(37)30-34)36-20-12-19-35(29-36)42-28-27-41(32-15-6-2-7-16-32)48-47(49-42)33-17-8-3-9-18-33/h1-27,29-30H,28H2. The van der Waals surface area contributed by atoms with E-state index in [9.17, 15) is 0 Å². The molecule has 0 radical (unpaired) electrons. The van der Waals surface area contributed by atoms with Crippen LogP contribution in [-0.2, 0) is 0 Å². The average molecular weight is 670 g/mol. The van der Waals surface area contributed by atoms with Crippen LogP contribution in [0.1, 0.15) is 23.1 Å². The summed E-state index contributed by atoms with van der Waals surface area (Å²) in [6.07, 6.45) is 2.88. The maximum absolute atomic E-state index is 5.28. The molecule has 0 atom stereocenters. The largest absolute Gasteiger partial charge is 0.308 e. The van der Waals surface area contributed by atoms with Gasteiger partial charge < -0.3 is 4.57 Å². The molecule has 0 amide bonds. The molecular weight excluding hydrogens is 639 g/mol. The molecule has 7 aromatic carbocycles. The fraction of sp³-hybridized carbons (Fsp3) is 0.0213. The minimum atomic E-state index is 0.666. The van der Waals surface area contributed by atoms with Crippen LogP contribution in [0.3, 0.4) is 0 Å². The number of nitrogens with zero attached hydrogens (tertiary/aromatic N) is 3. The average Bonchev–Trinajstić information content (AvgIpc) is 3.65. The summed E-state index contributed by atoms with van der Waals surface area (Å²) in [5.74, 6) is 0.722. The van der Waals surface area contributed by atoms with E-state index in [1.165, 1.54) is 53.1 Å². The first-order chi connectivity index (χ1) is 25.3.